The third kappa shape index (κ3) is 12.1. The molecule has 8 aromatic carbocycles. The van der Waals surface area contributed by atoms with Crippen LogP contribution >= 0.6 is 47.8 Å². The average Bonchev–Trinajstić information content (AvgIpc) is 4.00. The summed E-state index contributed by atoms with van der Waals surface area (Å²) < 4.78 is 8.19. The van der Waals surface area contributed by atoms with Gasteiger partial charge in [-0.05, 0) is 86.7 Å². The summed E-state index contributed by atoms with van der Waals surface area (Å²) in [5.74, 6) is 0.149. The van der Waals surface area contributed by atoms with E-state index in [4.69, 9.17) is 4.74 Å². The van der Waals surface area contributed by atoms with Crippen LogP contribution in [-0.2, 0) is 21.2 Å². The van der Waals surface area contributed by atoms with Gasteiger partial charge >= 0.3 is 18.9 Å². The zero-order valence-corrected chi connectivity index (χ0v) is 46.6. The second-order valence-electron chi connectivity index (χ2n) is 18.6. The summed E-state index contributed by atoms with van der Waals surface area (Å²) >= 11 is 10.8. The number of aliphatic hydroxyl groups is 1. The number of fused-ring (bicyclic) bond motifs is 4. The predicted molar refractivity (Wildman–Crippen MR) is 303 cm³/mol. The van der Waals surface area contributed by atoms with Crippen molar-refractivity contribution in [3.8, 4) is 22.3 Å². The fraction of sp³-hybridized carbons (Fsp3) is 0.219. The first-order valence-electron chi connectivity index (χ1n) is 24.1. The molecule has 1 saturated heterocycles. The van der Waals surface area contributed by atoms with Crippen LogP contribution in [0.2, 0.25) is 0 Å². The minimum Gasteiger partial charge on any atom is -0.381 e. The van der Waals surface area contributed by atoms with Crippen LogP contribution < -0.4 is 18.9 Å². The molecular formula is C64H62Br3LiO3. The molecule has 0 atom stereocenters. The topological polar surface area (TPSA) is 46.5 Å². The minimum absolute atomic E-state index is 0. The van der Waals surface area contributed by atoms with Crippen molar-refractivity contribution in [3.63, 3.8) is 0 Å². The number of halogens is 3. The first-order chi connectivity index (χ1) is 33.8. The molecule has 0 bridgehead atoms. The zero-order chi connectivity index (χ0) is 49.9. The van der Waals surface area contributed by atoms with Gasteiger partial charge in [-0.15, -0.1) is 0 Å². The number of ether oxygens (including phenoxy) is 1. The molecule has 1 aliphatic heterocycles. The van der Waals surface area contributed by atoms with Crippen LogP contribution in [0.4, 0.5) is 0 Å². The van der Waals surface area contributed by atoms with Crippen molar-refractivity contribution < 1.29 is 33.5 Å². The summed E-state index contributed by atoms with van der Waals surface area (Å²) in [4.78, 5) is 12.4. The van der Waals surface area contributed by atoms with Crippen molar-refractivity contribution in [1.29, 1.82) is 0 Å². The first-order valence-corrected chi connectivity index (χ1v) is 26.5. The molecule has 3 aliphatic rings. The second-order valence-corrected chi connectivity index (χ2v) is 21.2. The van der Waals surface area contributed by atoms with E-state index in [2.05, 4.69) is 180 Å². The van der Waals surface area contributed by atoms with Crippen molar-refractivity contribution in [2.45, 2.75) is 76.7 Å². The number of ketones is 1. The Labute approximate surface area is 460 Å². The maximum absolute atomic E-state index is 12.6. The maximum atomic E-state index is 12.6. The van der Waals surface area contributed by atoms with Gasteiger partial charge in [0.05, 0.1) is 0 Å². The smallest absolute Gasteiger partial charge is 0.381 e. The number of hydrogen-bond acceptors (Lipinski definition) is 3. The second kappa shape index (κ2) is 25.4. The van der Waals surface area contributed by atoms with E-state index < -0.39 is 5.60 Å². The van der Waals surface area contributed by atoms with Gasteiger partial charge in [0.1, 0.15) is 5.60 Å². The van der Waals surface area contributed by atoms with Crippen molar-refractivity contribution in [2.75, 3.05) is 13.2 Å². The SMILES string of the molecule is Brc1ccccc1-c1ccccc1Br.C1CCOC1.CC1(C)c2ccccc2C(=O)c2ccccc21.CC1(C)c2ccccc2C(O)(c2ccccc2-c2ccccc2Br)c2ccccc21.[CH2-]CCC.[Li+]. The van der Waals surface area contributed by atoms with Gasteiger partial charge in [0.25, 0.3) is 0 Å². The van der Waals surface area contributed by atoms with Crippen LogP contribution in [0.5, 0.6) is 0 Å². The number of carbonyl (C=O) groups excluding carboxylic acids is 1. The van der Waals surface area contributed by atoms with Crippen molar-refractivity contribution in [1.82, 2.24) is 0 Å². The molecule has 0 amide bonds. The Morgan fingerprint density at radius 1 is 0.437 bits per heavy atom. The van der Waals surface area contributed by atoms with E-state index in [1.54, 1.807) is 0 Å². The molecule has 11 rings (SSSR count). The molecule has 7 heteroatoms. The normalized spacial score (nSPS) is 14.7. The van der Waals surface area contributed by atoms with Crippen molar-refractivity contribution in [3.05, 3.63) is 265 Å². The van der Waals surface area contributed by atoms with Crippen LogP contribution in [0.15, 0.2) is 208 Å². The number of unbranched alkanes of at least 4 members (excludes halogenated alkanes) is 1. The molecule has 2 aliphatic carbocycles. The van der Waals surface area contributed by atoms with E-state index in [0.29, 0.717) is 0 Å². The molecule has 0 spiro atoms. The molecule has 0 saturated carbocycles. The number of benzene rings is 8. The van der Waals surface area contributed by atoms with Gasteiger partial charge < -0.3 is 16.8 Å². The van der Waals surface area contributed by atoms with Crippen LogP contribution in [0, 0.1) is 6.92 Å². The minimum atomic E-state index is -1.24. The molecule has 1 heterocycles. The Morgan fingerprint density at radius 3 is 1.04 bits per heavy atom. The fourth-order valence-corrected chi connectivity index (χ4v) is 11.1. The summed E-state index contributed by atoms with van der Waals surface area (Å²) in [6.07, 6.45) is 4.83. The van der Waals surface area contributed by atoms with E-state index in [-0.39, 0.29) is 35.5 Å². The number of hydrogen-bond donors (Lipinski definition) is 1. The quantitative estimate of drug-likeness (QED) is 0.141. The summed E-state index contributed by atoms with van der Waals surface area (Å²) in [6.45, 7) is 16.6. The Kier molecular flexibility index (Phi) is 19.9. The first kappa shape index (κ1) is 55.7. The Balaban J connectivity index is 0.000000170. The largest absolute Gasteiger partial charge is 1.00 e. The molecule has 0 aromatic heterocycles. The molecule has 3 nitrogen and oxygen atoms in total. The maximum Gasteiger partial charge on any atom is 1.00 e. The van der Waals surface area contributed by atoms with E-state index >= 15 is 0 Å². The summed E-state index contributed by atoms with van der Waals surface area (Å²) in [6, 6.07) is 65.3. The third-order valence-electron chi connectivity index (χ3n) is 13.4. The van der Waals surface area contributed by atoms with Gasteiger partial charge in [-0.25, -0.2) is 0 Å². The third-order valence-corrected chi connectivity index (χ3v) is 15.4. The van der Waals surface area contributed by atoms with Crippen LogP contribution in [-0.4, -0.2) is 24.1 Å². The Morgan fingerprint density at radius 2 is 0.704 bits per heavy atom. The summed E-state index contributed by atoms with van der Waals surface area (Å²) in [5.41, 5.74) is 12.0. The van der Waals surface area contributed by atoms with Crippen molar-refractivity contribution in [2.24, 2.45) is 0 Å². The molecular weight excluding hydrogens is 1060 g/mol. The Hall–Kier alpha value is -4.61. The predicted octanol–water partition coefficient (Wildman–Crippen LogP) is 14.9. The number of carbonyl (C=O) groups is 1. The molecule has 71 heavy (non-hydrogen) atoms. The molecule has 8 aromatic rings. The standard InChI is InChI=1S/C28H23BrO.C16H14O.C12H8Br2.C4H8O.C4H9.Li/c1-27(2)22-14-6-8-16-24(22)28(30,25-17-9-7-15-23(25)27)21-13-5-3-11-19(21)20-12-4-10-18-26(20)29;1-16(2)13-9-5-3-7-11(13)15(17)12-8-4-6-10-14(12)16;13-11-7-3-1-5-9(11)10-6-2-4-8-12(10)14;1-2-4-5-3-1;1-3-4-2;/h3-18,30H,1-2H3;3-10H,1-2H3;1-8H;1-4H2;1,3-4H2,2H3;/q;;;;-1;+1. The van der Waals surface area contributed by atoms with Gasteiger partial charge in [-0.3, -0.25) is 4.79 Å². The molecule has 0 radical (unpaired) electrons. The zero-order valence-electron chi connectivity index (χ0n) is 41.8. The van der Waals surface area contributed by atoms with Gasteiger partial charge in [0.15, 0.2) is 5.78 Å². The molecule has 1 fully saturated rings. The van der Waals surface area contributed by atoms with Gasteiger partial charge in [0.2, 0.25) is 0 Å². The average molecular weight is 1130 g/mol. The van der Waals surface area contributed by atoms with Gasteiger partial charge in [-0.2, -0.15) is 6.42 Å². The Bertz CT molecular complexity index is 2890. The van der Waals surface area contributed by atoms with Crippen molar-refractivity contribution >= 4 is 53.6 Å². The van der Waals surface area contributed by atoms with Crippen LogP contribution in [0.3, 0.4) is 0 Å². The summed E-state index contributed by atoms with van der Waals surface area (Å²) in [5, 5.41) is 12.6. The molecule has 358 valence electrons. The molecule has 1 N–H and O–H groups in total. The van der Waals surface area contributed by atoms with Crippen LogP contribution in [0.1, 0.15) is 115 Å². The van der Waals surface area contributed by atoms with E-state index in [9.17, 15) is 9.90 Å². The van der Waals surface area contributed by atoms with E-state index in [1.807, 2.05) is 103 Å². The van der Waals surface area contributed by atoms with Gasteiger partial charge in [0, 0.05) is 54.2 Å². The van der Waals surface area contributed by atoms with Crippen LogP contribution in [0.25, 0.3) is 22.3 Å². The van der Waals surface area contributed by atoms with Gasteiger partial charge in [-0.1, -0.05) is 265 Å². The fourth-order valence-electron chi connectivity index (χ4n) is 9.59. The molecule has 0 unspecified atom stereocenters. The number of rotatable bonds is 4. The monoisotopic (exact) mass is 1120 g/mol. The van der Waals surface area contributed by atoms with E-state index in [1.165, 1.54) is 30.4 Å². The summed E-state index contributed by atoms with van der Waals surface area (Å²) in [7, 11) is 0. The van der Waals surface area contributed by atoms with E-state index in [0.717, 1.165) is 94.3 Å².